The first-order valence-corrected chi connectivity index (χ1v) is 3.96. The van der Waals surface area contributed by atoms with Crippen LogP contribution < -0.4 is 0 Å². The average Bonchev–Trinajstić information content (AvgIpc) is 1.85. The Morgan fingerprint density at radius 3 is 2.30 bits per heavy atom. The molecule has 0 bridgehead atoms. The van der Waals surface area contributed by atoms with Crippen molar-refractivity contribution in [1.82, 2.24) is 0 Å². The summed E-state index contributed by atoms with van der Waals surface area (Å²) in [4.78, 5) is 0. The Kier molecular flexibility index (Phi) is 5.60. The topological polar surface area (TPSA) is 19.9 Å². The fourth-order valence-electron chi connectivity index (χ4n) is 0.882. The van der Waals surface area contributed by atoms with E-state index in [9.17, 15) is 9.50 Å². The fourth-order valence-corrected chi connectivity index (χ4v) is 0.882. The van der Waals surface area contributed by atoms with E-state index in [0.29, 0.717) is 19.3 Å². The standard InChI is InChI=1S/C8H16FO/c1-3-4-8(10)6-5-7(2)9/h7-8H,3-6H2,1-2H3. The normalized spacial score (nSPS) is 16.8. The van der Waals surface area contributed by atoms with E-state index < -0.39 is 12.3 Å². The first-order chi connectivity index (χ1) is 4.66. The Morgan fingerprint density at radius 2 is 1.90 bits per heavy atom. The summed E-state index contributed by atoms with van der Waals surface area (Å²) < 4.78 is 12.2. The third kappa shape index (κ3) is 6.02. The lowest BCUT2D eigenvalue weighted by Crippen LogP contribution is -2.06. The lowest BCUT2D eigenvalue weighted by Gasteiger charge is -2.05. The maximum Gasteiger partial charge on any atom is 0.0974 e. The van der Waals surface area contributed by atoms with Crippen LogP contribution >= 0.6 is 0 Å². The monoisotopic (exact) mass is 147 g/mol. The molecule has 0 saturated heterocycles. The molecule has 0 aliphatic heterocycles. The second-order valence-corrected chi connectivity index (χ2v) is 2.77. The molecule has 0 aliphatic rings. The van der Waals surface area contributed by atoms with Crippen molar-refractivity contribution in [2.24, 2.45) is 0 Å². The second kappa shape index (κ2) is 5.66. The van der Waals surface area contributed by atoms with Gasteiger partial charge in [-0.1, -0.05) is 13.3 Å². The van der Waals surface area contributed by atoms with E-state index in [4.69, 9.17) is 0 Å². The van der Waals surface area contributed by atoms with Gasteiger partial charge in [0.25, 0.3) is 0 Å². The Morgan fingerprint density at radius 1 is 1.30 bits per heavy atom. The Bertz CT molecular complexity index is 73.7. The van der Waals surface area contributed by atoms with Crippen LogP contribution in [0.2, 0.25) is 0 Å². The van der Waals surface area contributed by atoms with E-state index in [0.717, 1.165) is 6.42 Å². The molecule has 0 amide bonds. The molecule has 0 heterocycles. The third-order valence-electron chi connectivity index (χ3n) is 1.50. The highest BCUT2D eigenvalue weighted by molar-refractivity contribution is 4.56. The third-order valence-corrected chi connectivity index (χ3v) is 1.50. The molecular weight excluding hydrogens is 131 g/mol. The second-order valence-electron chi connectivity index (χ2n) is 2.77. The number of rotatable bonds is 5. The van der Waals surface area contributed by atoms with E-state index in [1.165, 1.54) is 6.92 Å². The lowest BCUT2D eigenvalue weighted by atomic mass is 10.1. The van der Waals surface area contributed by atoms with Crippen LogP contribution in [0.1, 0.15) is 39.5 Å². The maximum absolute atomic E-state index is 12.2. The molecule has 0 aromatic carbocycles. The minimum atomic E-state index is -0.812. The quantitative estimate of drug-likeness (QED) is 0.569. The summed E-state index contributed by atoms with van der Waals surface area (Å²) in [6.07, 6.45) is 1.16. The minimum Gasteiger partial charge on any atom is -0.248 e. The van der Waals surface area contributed by atoms with Gasteiger partial charge in [-0.3, -0.25) is 0 Å². The molecule has 0 aromatic heterocycles. The van der Waals surface area contributed by atoms with Gasteiger partial charge in [0.05, 0.1) is 12.3 Å². The zero-order chi connectivity index (χ0) is 7.98. The summed E-state index contributed by atoms with van der Waals surface area (Å²) in [5.41, 5.74) is 0. The number of hydrogen-bond acceptors (Lipinski definition) is 0. The van der Waals surface area contributed by atoms with Gasteiger partial charge in [0.15, 0.2) is 0 Å². The number of hydrogen-bond donors (Lipinski definition) is 0. The molecule has 2 heteroatoms. The molecule has 0 fully saturated rings. The maximum atomic E-state index is 12.2. The predicted octanol–water partition coefficient (Wildman–Crippen LogP) is 2.72. The van der Waals surface area contributed by atoms with Crippen LogP contribution in [0.25, 0.3) is 0 Å². The van der Waals surface area contributed by atoms with Crippen LogP contribution in [0.15, 0.2) is 0 Å². The van der Waals surface area contributed by atoms with Gasteiger partial charge in [-0.2, -0.15) is 0 Å². The van der Waals surface area contributed by atoms with E-state index in [-0.39, 0.29) is 0 Å². The van der Waals surface area contributed by atoms with Crippen molar-refractivity contribution in [3.63, 3.8) is 0 Å². The van der Waals surface area contributed by atoms with E-state index >= 15 is 0 Å². The zero-order valence-corrected chi connectivity index (χ0v) is 6.77. The van der Waals surface area contributed by atoms with Crippen molar-refractivity contribution in [2.45, 2.75) is 51.8 Å². The van der Waals surface area contributed by atoms with Gasteiger partial charge in [-0.15, -0.1) is 0 Å². The molecule has 10 heavy (non-hydrogen) atoms. The molecule has 2 atom stereocenters. The van der Waals surface area contributed by atoms with Gasteiger partial charge in [-0.05, 0) is 26.2 Å². The average molecular weight is 147 g/mol. The van der Waals surface area contributed by atoms with Crippen molar-refractivity contribution in [3.8, 4) is 0 Å². The molecule has 0 N–H and O–H groups in total. The molecule has 1 radical (unpaired) electrons. The summed E-state index contributed by atoms with van der Waals surface area (Å²) in [6, 6.07) is 0. The van der Waals surface area contributed by atoms with Crippen LogP contribution in [-0.4, -0.2) is 12.3 Å². The van der Waals surface area contributed by atoms with Crippen LogP contribution in [-0.2, 0) is 5.11 Å². The van der Waals surface area contributed by atoms with Crippen LogP contribution in [0.5, 0.6) is 0 Å². The molecule has 0 aromatic rings. The van der Waals surface area contributed by atoms with Gasteiger partial charge in [0, 0.05) is 0 Å². The van der Waals surface area contributed by atoms with E-state index in [2.05, 4.69) is 0 Å². The molecular formula is C8H16FO. The fraction of sp³-hybridized carbons (Fsp3) is 1.00. The molecule has 0 saturated carbocycles. The van der Waals surface area contributed by atoms with Crippen molar-refractivity contribution in [2.75, 3.05) is 0 Å². The summed E-state index contributed by atoms with van der Waals surface area (Å²) in [6.45, 7) is 3.47. The van der Waals surface area contributed by atoms with Gasteiger partial charge >= 0.3 is 0 Å². The molecule has 0 rings (SSSR count). The predicted molar refractivity (Wildman–Crippen MR) is 39.2 cm³/mol. The van der Waals surface area contributed by atoms with Gasteiger partial charge in [0.1, 0.15) is 0 Å². The first kappa shape index (κ1) is 9.89. The summed E-state index contributed by atoms with van der Waals surface area (Å²) in [5, 5.41) is 10.9. The van der Waals surface area contributed by atoms with Crippen LogP contribution in [0, 0.1) is 0 Å². The molecule has 2 unspecified atom stereocenters. The summed E-state index contributed by atoms with van der Waals surface area (Å²) >= 11 is 0. The van der Waals surface area contributed by atoms with E-state index in [1.807, 2.05) is 6.92 Å². The summed E-state index contributed by atoms with van der Waals surface area (Å²) in [5.74, 6) is 0. The van der Waals surface area contributed by atoms with Crippen LogP contribution in [0.4, 0.5) is 4.39 Å². The van der Waals surface area contributed by atoms with E-state index in [1.54, 1.807) is 0 Å². The van der Waals surface area contributed by atoms with Crippen molar-refractivity contribution in [3.05, 3.63) is 0 Å². The number of halogens is 1. The smallest absolute Gasteiger partial charge is 0.0974 e. The van der Waals surface area contributed by atoms with Gasteiger partial charge < -0.3 is 0 Å². The van der Waals surface area contributed by atoms with Crippen molar-refractivity contribution < 1.29 is 9.50 Å². The highest BCUT2D eigenvalue weighted by Crippen LogP contribution is 2.08. The molecule has 1 nitrogen and oxygen atoms in total. The lowest BCUT2D eigenvalue weighted by molar-refractivity contribution is 0.0654. The summed E-state index contributed by atoms with van der Waals surface area (Å²) in [7, 11) is 0. The highest BCUT2D eigenvalue weighted by Gasteiger charge is 2.06. The minimum absolute atomic E-state index is 0.425. The molecule has 0 aliphatic carbocycles. The largest absolute Gasteiger partial charge is 0.248 e. The van der Waals surface area contributed by atoms with Gasteiger partial charge in [0.2, 0.25) is 0 Å². The van der Waals surface area contributed by atoms with Crippen LogP contribution in [0.3, 0.4) is 0 Å². The molecule has 61 valence electrons. The highest BCUT2D eigenvalue weighted by atomic mass is 19.1. The van der Waals surface area contributed by atoms with Crippen molar-refractivity contribution in [1.29, 1.82) is 0 Å². The first-order valence-electron chi connectivity index (χ1n) is 3.96. The Balaban J connectivity index is 3.12. The number of alkyl halides is 1. The molecule has 0 spiro atoms. The van der Waals surface area contributed by atoms with Gasteiger partial charge in [-0.25, -0.2) is 9.50 Å². The Hall–Kier alpha value is -0.110. The SMILES string of the molecule is CCCC([O])CCC(C)F. The Labute approximate surface area is 62.3 Å². The zero-order valence-electron chi connectivity index (χ0n) is 6.77. The van der Waals surface area contributed by atoms with Crippen molar-refractivity contribution >= 4 is 0 Å².